The van der Waals surface area contributed by atoms with Gasteiger partial charge in [-0.1, -0.05) is 32.0 Å². The van der Waals surface area contributed by atoms with Crippen molar-refractivity contribution >= 4 is 23.7 Å². The number of aldehydes is 1. The van der Waals surface area contributed by atoms with Gasteiger partial charge in [-0.25, -0.2) is 4.39 Å². The van der Waals surface area contributed by atoms with Crippen LogP contribution in [0.15, 0.2) is 48.7 Å². The number of ether oxygens (including phenoxy) is 2. The highest BCUT2D eigenvalue weighted by atomic mass is 19.1. The van der Waals surface area contributed by atoms with Crippen LogP contribution in [0.3, 0.4) is 0 Å². The van der Waals surface area contributed by atoms with Crippen molar-refractivity contribution in [3.05, 3.63) is 76.6 Å². The first-order chi connectivity index (χ1) is 20.5. The summed E-state index contributed by atoms with van der Waals surface area (Å²) >= 11 is 0. The van der Waals surface area contributed by atoms with Crippen molar-refractivity contribution in [1.82, 2.24) is 9.55 Å². The van der Waals surface area contributed by atoms with E-state index in [4.69, 9.17) is 20.2 Å². The number of pyridine rings is 1. The summed E-state index contributed by atoms with van der Waals surface area (Å²) in [4.78, 5) is 27.1. The van der Waals surface area contributed by atoms with Gasteiger partial charge in [0.2, 0.25) is 0 Å². The molecular formula is C35H42FN3O4. The van der Waals surface area contributed by atoms with Crippen LogP contribution in [-0.4, -0.2) is 42.1 Å². The van der Waals surface area contributed by atoms with Gasteiger partial charge in [-0.3, -0.25) is 9.78 Å². The highest BCUT2D eigenvalue weighted by molar-refractivity contribution is 5.95. The van der Waals surface area contributed by atoms with Crippen molar-refractivity contribution in [3.63, 3.8) is 0 Å². The molecule has 2 aromatic carbocycles. The fourth-order valence-corrected chi connectivity index (χ4v) is 5.86. The maximum Gasteiger partial charge on any atom is 0.293 e. The van der Waals surface area contributed by atoms with Crippen molar-refractivity contribution in [1.29, 1.82) is 0 Å². The number of rotatable bonds is 14. The van der Waals surface area contributed by atoms with Gasteiger partial charge in [-0.15, -0.1) is 0 Å². The number of hydrogen-bond donors (Lipinski definition) is 1. The molecule has 228 valence electrons. The number of hydrogen-bond acceptors (Lipinski definition) is 6. The zero-order valence-corrected chi connectivity index (χ0v) is 25.9. The number of nitrogens with two attached hydrogens (primary N) is 1. The Balaban J connectivity index is 2.02. The third-order valence-corrected chi connectivity index (χ3v) is 7.92. The topological polar surface area (TPSA) is 96.4 Å². The zero-order valence-electron chi connectivity index (χ0n) is 25.9. The molecule has 0 saturated heterocycles. The van der Waals surface area contributed by atoms with E-state index in [2.05, 4.69) is 49.6 Å². The third kappa shape index (κ3) is 7.03. The maximum absolute atomic E-state index is 13.9. The van der Waals surface area contributed by atoms with Crippen LogP contribution in [0, 0.1) is 12.3 Å². The van der Waals surface area contributed by atoms with Gasteiger partial charge in [0.25, 0.3) is 6.47 Å². The number of aromatic nitrogens is 2. The Labute approximate surface area is 253 Å². The Hall–Kier alpha value is -3.88. The molecule has 0 fully saturated rings. The molecule has 0 aliphatic carbocycles. The molecule has 0 aliphatic heterocycles. The van der Waals surface area contributed by atoms with Gasteiger partial charge in [0.15, 0.2) is 0 Å². The van der Waals surface area contributed by atoms with Crippen LogP contribution in [0.1, 0.15) is 61.7 Å². The molecule has 8 heteroatoms. The molecule has 2 atom stereocenters. The SMILES string of the molecule is CCn1c(-c2cc(C)cnc2C(C)OC)c(CC(C)(C)COC=O)c2cc(-c3cc(CF)cc(CC(N)C=O)c3)ccc21. The van der Waals surface area contributed by atoms with Gasteiger partial charge in [0.1, 0.15) is 13.0 Å². The predicted molar refractivity (Wildman–Crippen MR) is 168 cm³/mol. The first-order valence-corrected chi connectivity index (χ1v) is 14.7. The number of halogens is 1. The summed E-state index contributed by atoms with van der Waals surface area (Å²) in [7, 11) is 1.68. The van der Waals surface area contributed by atoms with E-state index in [0.29, 0.717) is 31.2 Å². The van der Waals surface area contributed by atoms with Gasteiger partial charge >= 0.3 is 0 Å². The minimum absolute atomic E-state index is 0.228. The zero-order chi connectivity index (χ0) is 31.3. The van der Waals surface area contributed by atoms with Crippen LogP contribution in [-0.2, 0) is 45.1 Å². The smallest absolute Gasteiger partial charge is 0.293 e. The van der Waals surface area contributed by atoms with Crippen molar-refractivity contribution in [2.45, 2.75) is 72.8 Å². The van der Waals surface area contributed by atoms with Crippen LogP contribution in [0.5, 0.6) is 0 Å². The number of carbonyl (C=O) groups is 2. The summed E-state index contributed by atoms with van der Waals surface area (Å²) in [5.74, 6) is 0. The number of alkyl halides is 1. The van der Waals surface area contributed by atoms with E-state index < -0.39 is 12.7 Å². The predicted octanol–water partition coefficient (Wildman–Crippen LogP) is 6.69. The monoisotopic (exact) mass is 587 g/mol. The lowest BCUT2D eigenvalue weighted by atomic mass is 9.84. The molecule has 7 nitrogen and oxygen atoms in total. The first kappa shape index (κ1) is 32.0. The highest BCUT2D eigenvalue weighted by Crippen LogP contribution is 2.42. The largest absolute Gasteiger partial charge is 0.467 e. The van der Waals surface area contributed by atoms with Crippen LogP contribution < -0.4 is 5.73 Å². The van der Waals surface area contributed by atoms with E-state index in [0.717, 1.165) is 62.2 Å². The number of carbonyl (C=O) groups excluding carboxylic acids is 2. The molecule has 43 heavy (non-hydrogen) atoms. The Bertz CT molecular complexity index is 1610. The lowest BCUT2D eigenvalue weighted by Gasteiger charge is -2.25. The molecule has 2 N–H and O–H groups in total. The van der Waals surface area contributed by atoms with E-state index >= 15 is 0 Å². The number of methoxy groups -OCH3 is 1. The Morgan fingerprint density at radius 3 is 2.49 bits per heavy atom. The second-order valence-corrected chi connectivity index (χ2v) is 12.1. The number of benzene rings is 2. The maximum atomic E-state index is 13.9. The molecular weight excluding hydrogens is 545 g/mol. The molecule has 0 bridgehead atoms. The van der Waals surface area contributed by atoms with Gasteiger partial charge in [0, 0.05) is 41.7 Å². The molecule has 0 aliphatic rings. The Kier molecular flexibility index (Phi) is 10.1. The van der Waals surface area contributed by atoms with Crippen LogP contribution in [0.2, 0.25) is 0 Å². The molecule has 2 unspecified atom stereocenters. The lowest BCUT2D eigenvalue weighted by molar-refractivity contribution is -0.131. The van der Waals surface area contributed by atoms with Crippen molar-refractivity contribution < 1.29 is 23.5 Å². The van der Waals surface area contributed by atoms with Crippen molar-refractivity contribution in [2.24, 2.45) is 11.1 Å². The summed E-state index contributed by atoms with van der Waals surface area (Å²) in [5.41, 5.74) is 14.8. The number of aryl methyl sites for hydroxylation is 2. The van der Waals surface area contributed by atoms with Crippen LogP contribution in [0.25, 0.3) is 33.3 Å². The van der Waals surface area contributed by atoms with E-state index in [1.54, 1.807) is 13.2 Å². The normalized spacial score (nSPS) is 13.2. The van der Waals surface area contributed by atoms with Gasteiger partial charge in [0.05, 0.1) is 30.1 Å². The molecule has 4 rings (SSSR count). The second-order valence-electron chi connectivity index (χ2n) is 12.1. The van der Waals surface area contributed by atoms with E-state index in [1.807, 2.05) is 32.2 Å². The van der Waals surface area contributed by atoms with E-state index in [1.165, 1.54) is 0 Å². The van der Waals surface area contributed by atoms with Gasteiger partial charge in [-0.2, -0.15) is 0 Å². The summed E-state index contributed by atoms with van der Waals surface area (Å²) < 4.78 is 27.2. The molecule has 0 spiro atoms. The average Bonchev–Trinajstić information content (AvgIpc) is 3.30. The summed E-state index contributed by atoms with van der Waals surface area (Å²) in [6, 6.07) is 13.4. The standard InChI is InChI=1S/C35H42FN3O4/c1-7-39-32-9-8-26(27-12-24(14-28(37)19-40)11-25(13-27)17-36)15-29(32)31(16-35(4,5)20-43-21-41)34(39)30-10-22(2)18-38-33(30)23(3)42-6/h8-13,15,18-19,21,23,28H,7,14,16-17,20,37H2,1-6H3. The minimum Gasteiger partial charge on any atom is -0.467 e. The van der Waals surface area contributed by atoms with E-state index in [9.17, 15) is 14.0 Å². The molecule has 2 aromatic heterocycles. The molecule has 0 amide bonds. The van der Waals surface area contributed by atoms with Gasteiger partial charge in [-0.05, 0) is 91.3 Å². The second kappa shape index (κ2) is 13.6. The van der Waals surface area contributed by atoms with Gasteiger partial charge < -0.3 is 24.6 Å². The minimum atomic E-state index is -0.652. The van der Waals surface area contributed by atoms with Crippen molar-refractivity contribution in [2.75, 3.05) is 13.7 Å². The third-order valence-electron chi connectivity index (χ3n) is 7.92. The van der Waals surface area contributed by atoms with Crippen LogP contribution >= 0.6 is 0 Å². The van der Waals surface area contributed by atoms with Crippen LogP contribution in [0.4, 0.5) is 4.39 Å². The summed E-state index contributed by atoms with van der Waals surface area (Å²) in [6.45, 7) is 11.2. The molecule has 2 heterocycles. The Morgan fingerprint density at radius 1 is 1.09 bits per heavy atom. The average molecular weight is 588 g/mol. The molecule has 0 saturated carbocycles. The summed E-state index contributed by atoms with van der Waals surface area (Å²) in [6.07, 6.45) is 3.30. The van der Waals surface area contributed by atoms with E-state index in [-0.39, 0.29) is 18.1 Å². The number of fused-ring (bicyclic) bond motifs is 1. The Morgan fingerprint density at radius 2 is 1.84 bits per heavy atom. The quantitative estimate of drug-likeness (QED) is 0.165. The lowest BCUT2D eigenvalue weighted by Crippen LogP contribution is -2.24. The fourth-order valence-electron chi connectivity index (χ4n) is 5.86. The molecule has 4 aromatic rings. The molecule has 0 radical (unpaired) electrons. The fraction of sp³-hybridized carbons (Fsp3) is 0.400. The highest BCUT2D eigenvalue weighted by Gasteiger charge is 2.28. The number of nitrogens with zero attached hydrogens (tertiary/aromatic N) is 2. The van der Waals surface area contributed by atoms with Crippen molar-refractivity contribution in [3.8, 4) is 22.4 Å². The summed E-state index contributed by atoms with van der Waals surface area (Å²) in [5, 5.41) is 1.06. The first-order valence-electron chi connectivity index (χ1n) is 14.7.